The molecule has 0 saturated carbocycles. The molecular weight excluding hydrogens is 416 g/mol. The molecule has 0 radical (unpaired) electrons. The summed E-state index contributed by atoms with van der Waals surface area (Å²) in [6.45, 7) is 1.91. The SMILES string of the molecule is CCC1=NN(c2cc(Br)c(S(=O)(=O)O)c(Br)c2)C(=O)C1. The molecule has 0 unspecified atom stereocenters. The Balaban J connectivity index is 2.52. The molecule has 0 bridgehead atoms. The first kappa shape index (κ1) is 15.6. The summed E-state index contributed by atoms with van der Waals surface area (Å²) in [7, 11) is -4.37. The molecule has 1 N–H and O–H groups in total. The highest BCUT2D eigenvalue weighted by atomic mass is 79.9. The third-order valence-electron chi connectivity index (χ3n) is 2.73. The van der Waals surface area contributed by atoms with Gasteiger partial charge in [0.1, 0.15) is 4.90 Å². The number of carbonyl (C=O) groups is 1. The van der Waals surface area contributed by atoms with Crippen LogP contribution in [0.4, 0.5) is 5.69 Å². The van der Waals surface area contributed by atoms with Crippen LogP contribution in [0, 0.1) is 0 Å². The Morgan fingerprint density at radius 3 is 2.30 bits per heavy atom. The van der Waals surface area contributed by atoms with E-state index in [1.807, 2.05) is 6.92 Å². The molecule has 108 valence electrons. The number of hydrazone groups is 1. The first-order valence-corrected chi connectivity index (χ1v) is 8.62. The van der Waals surface area contributed by atoms with Gasteiger partial charge in [-0.1, -0.05) is 6.92 Å². The molecule has 0 saturated heterocycles. The predicted molar refractivity (Wildman–Crippen MR) is 81.5 cm³/mol. The summed E-state index contributed by atoms with van der Waals surface area (Å²) in [6.07, 6.45) is 0.930. The van der Waals surface area contributed by atoms with Gasteiger partial charge in [-0.3, -0.25) is 9.35 Å². The number of amides is 1. The largest absolute Gasteiger partial charge is 0.296 e. The molecule has 1 heterocycles. The van der Waals surface area contributed by atoms with Crippen molar-refractivity contribution < 1.29 is 17.8 Å². The Kier molecular flexibility index (Phi) is 4.33. The van der Waals surface area contributed by atoms with Crippen molar-refractivity contribution in [3.8, 4) is 0 Å². The van der Waals surface area contributed by atoms with Gasteiger partial charge in [0, 0.05) is 14.7 Å². The summed E-state index contributed by atoms with van der Waals surface area (Å²) in [6, 6.07) is 2.85. The van der Waals surface area contributed by atoms with Crippen molar-refractivity contribution in [2.45, 2.75) is 24.7 Å². The monoisotopic (exact) mass is 424 g/mol. The zero-order valence-electron chi connectivity index (χ0n) is 10.3. The normalized spacial score (nSPS) is 15.7. The summed E-state index contributed by atoms with van der Waals surface area (Å²) in [5.41, 5.74) is 1.19. The molecule has 0 aliphatic carbocycles. The summed E-state index contributed by atoms with van der Waals surface area (Å²) >= 11 is 6.15. The van der Waals surface area contributed by atoms with Gasteiger partial charge >= 0.3 is 0 Å². The standard InChI is InChI=1S/C11H10Br2N2O4S/c1-2-6-3-10(16)15(14-6)7-4-8(12)11(9(13)5-7)20(17,18)19/h4-5H,2-3H2,1H3,(H,17,18,19). The minimum Gasteiger partial charge on any atom is -0.282 e. The van der Waals surface area contributed by atoms with Crippen LogP contribution in [0.2, 0.25) is 0 Å². The zero-order chi connectivity index (χ0) is 15.1. The predicted octanol–water partition coefficient (Wildman–Crippen LogP) is 2.96. The third kappa shape index (κ3) is 2.95. The average molecular weight is 426 g/mol. The van der Waals surface area contributed by atoms with Gasteiger partial charge in [0.2, 0.25) is 0 Å². The second-order valence-electron chi connectivity index (χ2n) is 4.12. The molecule has 1 amide bonds. The number of halogens is 2. The van der Waals surface area contributed by atoms with E-state index in [-0.39, 0.29) is 26.2 Å². The Labute approximate surface area is 132 Å². The van der Waals surface area contributed by atoms with Gasteiger partial charge in [-0.15, -0.1) is 0 Å². The second-order valence-corrected chi connectivity index (χ2v) is 7.18. The number of hydrogen-bond acceptors (Lipinski definition) is 4. The first-order valence-electron chi connectivity index (χ1n) is 5.60. The van der Waals surface area contributed by atoms with E-state index in [9.17, 15) is 13.2 Å². The van der Waals surface area contributed by atoms with E-state index in [1.54, 1.807) is 0 Å². The fourth-order valence-electron chi connectivity index (χ4n) is 1.79. The molecule has 20 heavy (non-hydrogen) atoms. The Bertz CT molecular complexity index is 692. The van der Waals surface area contributed by atoms with Crippen molar-refractivity contribution in [1.29, 1.82) is 0 Å². The van der Waals surface area contributed by atoms with Crippen LogP contribution in [0.5, 0.6) is 0 Å². The number of anilines is 1. The van der Waals surface area contributed by atoms with Crippen LogP contribution >= 0.6 is 31.9 Å². The van der Waals surface area contributed by atoms with E-state index in [2.05, 4.69) is 37.0 Å². The molecule has 9 heteroatoms. The zero-order valence-corrected chi connectivity index (χ0v) is 14.3. The molecule has 0 fully saturated rings. The molecule has 1 aromatic rings. The van der Waals surface area contributed by atoms with Crippen molar-refractivity contribution in [1.82, 2.24) is 0 Å². The first-order chi connectivity index (χ1) is 9.24. The summed E-state index contributed by atoms with van der Waals surface area (Å²) < 4.78 is 32.0. The molecule has 0 spiro atoms. The van der Waals surface area contributed by atoms with Crippen LogP contribution in [-0.2, 0) is 14.9 Å². The number of rotatable bonds is 3. The lowest BCUT2D eigenvalue weighted by atomic mass is 10.2. The van der Waals surface area contributed by atoms with E-state index < -0.39 is 10.1 Å². The maximum Gasteiger partial charge on any atom is 0.296 e. The maximum absolute atomic E-state index is 11.9. The van der Waals surface area contributed by atoms with E-state index in [1.165, 1.54) is 17.1 Å². The lowest BCUT2D eigenvalue weighted by molar-refractivity contribution is -0.116. The number of hydrogen-bond donors (Lipinski definition) is 1. The topological polar surface area (TPSA) is 87.0 Å². The van der Waals surface area contributed by atoms with Gasteiger partial charge < -0.3 is 0 Å². The number of benzene rings is 1. The van der Waals surface area contributed by atoms with Gasteiger partial charge in [0.15, 0.2) is 0 Å². The van der Waals surface area contributed by atoms with Crippen molar-refractivity contribution in [3.05, 3.63) is 21.1 Å². The van der Waals surface area contributed by atoms with Crippen molar-refractivity contribution in [3.63, 3.8) is 0 Å². The summed E-state index contributed by atoms with van der Waals surface area (Å²) in [4.78, 5) is 11.6. The highest BCUT2D eigenvalue weighted by molar-refractivity contribution is 9.11. The van der Waals surface area contributed by atoms with Crippen molar-refractivity contribution >= 4 is 59.3 Å². The molecular formula is C11H10Br2N2O4S. The van der Waals surface area contributed by atoms with Crippen LogP contribution in [0.15, 0.2) is 31.1 Å². The van der Waals surface area contributed by atoms with E-state index in [4.69, 9.17) is 4.55 Å². The van der Waals surface area contributed by atoms with Crippen LogP contribution in [0.25, 0.3) is 0 Å². The van der Waals surface area contributed by atoms with Crippen LogP contribution < -0.4 is 5.01 Å². The Morgan fingerprint density at radius 1 is 1.35 bits per heavy atom. The van der Waals surface area contributed by atoms with Crippen LogP contribution in [0.3, 0.4) is 0 Å². The van der Waals surface area contributed by atoms with Gasteiger partial charge in [0.25, 0.3) is 16.0 Å². The van der Waals surface area contributed by atoms with E-state index >= 15 is 0 Å². The van der Waals surface area contributed by atoms with E-state index in [0.717, 1.165) is 5.71 Å². The number of carbonyl (C=O) groups excluding carboxylic acids is 1. The summed E-state index contributed by atoms with van der Waals surface area (Å²) in [5.74, 6) is -0.180. The quantitative estimate of drug-likeness (QED) is 0.754. The minimum atomic E-state index is -4.37. The molecule has 1 aliphatic heterocycles. The number of nitrogens with zero attached hydrogens (tertiary/aromatic N) is 2. The second kappa shape index (κ2) is 5.55. The maximum atomic E-state index is 11.9. The lowest BCUT2D eigenvalue weighted by Crippen LogP contribution is -2.19. The smallest absolute Gasteiger partial charge is 0.282 e. The molecule has 0 atom stereocenters. The Morgan fingerprint density at radius 2 is 1.90 bits per heavy atom. The molecule has 0 aromatic heterocycles. The van der Waals surface area contributed by atoms with Crippen molar-refractivity contribution in [2.75, 3.05) is 5.01 Å². The molecule has 1 aliphatic rings. The van der Waals surface area contributed by atoms with Crippen LogP contribution in [0.1, 0.15) is 19.8 Å². The average Bonchev–Trinajstić information content (AvgIpc) is 2.67. The van der Waals surface area contributed by atoms with Gasteiger partial charge in [-0.25, -0.2) is 5.01 Å². The van der Waals surface area contributed by atoms with Crippen LogP contribution in [-0.4, -0.2) is 24.6 Å². The van der Waals surface area contributed by atoms with E-state index in [0.29, 0.717) is 12.1 Å². The highest BCUT2D eigenvalue weighted by Crippen LogP contribution is 2.35. The molecule has 1 aromatic carbocycles. The fraction of sp³-hybridized carbons (Fsp3) is 0.273. The minimum absolute atomic E-state index is 0.150. The summed E-state index contributed by atoms with van der Waals surface area (Å²) in [5, 5.41) is 5.40. The van der Waals surface area contributed by atoms with Crippen molar-refractivity contribution in [2.24, 2.45) is 5.10 Å². The fourth-order valence-corrected chi connectivity index (χ4v) is 4.79. The van der Waals surface area contributed by atoms with Gasteiger partial charge in [-0.05, 0) is 50.4 Å². The molecule has 6 nitrogen and oxygen atoms in total. The molecule has 2 rings (SSSR count). The van der Waals surface area contributed by atoms with Gasteiger partial charge in [0.05, 0.1) is 12.1 Å². The van der Waals surface area contributed by atoms with Gasteiger partial charge in [-0.2, -0.15) is 13.5 Å². The lowest BCUT2D eigenvalue weighted by Gasteiger charge is -2.14. The Hall–Kier alpha value is -0.770. The third-order valence-corrected chi connectivity index (χ3v) is 5.46. The highest BCUT2D eigenvalue weighted by Gasteiger charge is 2.27.